The van der Waals surface area contributed by atoms with E-state index in [2.05, 4.69) is 11.2 Å². The summed E-state index contributed by atoms with van der Waals surface area (Å²) in [5, 5.41) is 6.33. The zero-order valence-corrected chi connectivity index (χ0v) is 12.9. The molecule has 3 nitrogen and oxygen atoms in total. The molecule has 1 aromatic heterocycles. The lowest BCUT2D eigenvalue weighted by Crippen LogP contribution is -2.23. The first-order valence-electron chi connectivity index (χ1n) is 6.16. The van der Waals surface area contributed by atoms with E-state index in [1.165, 1.54) is 0 Å². The molecule has 0 bridgehead atoms. The summed E-state index contributed by atoms with van der Waals surface area (Å²) in [7, 11) is 1.94. The highest BCUT2D eigenvalue weighted by Gasteiger charge is 2.21. The van der Waals surface area contributed by atoms with E-state index < -0.39 is 0 Å². The van der Waals surface area contributed by atoms with Gasteiger partial charge in [-0.2, -0.15) is 5.10 Å². The van der Waals surface area contributed by atoms with Crippen LogP contribution in [0.15, 0.2) is 35.4 Å². The van der Waals surface area contributed by atoms with E-state index in [0.717, 1.165) is 21.3 Å². The molecule has 0 amide bonds. The van der Waals surface area contributed by atoms with Gasteiger partial charge in [-0.15, -0.1) is 0 Å². The number of nitrogens with two attached hydrogens (primary N) is 1. The second-order valence-corrected chi connectivity index (χ2v) is 6.24. The van der Waals surface area contributed by atoms with Gasteiger partial charge in [0.1, 0.15) is 0 Å². The van der Waals surface area contributed by atoms with Crippen LogP contribution in [0.3, 0.4) is 0 Å². The summed E-state index contributed by atoms with van der Waals surface area (Å²) in [4.78, 5) is 0. The predicted octanol–water partition coefficient (Wildman–Crippen LogP) is 3.56. The zero-order chi connectivity index (χ0) is 14.0. The molecule has 2 atom stereocenters. The molecule has 0 aliphatic carbocycles. The molecule has 0 saturated carbocycles. The van der Waals surface area contributed by atoms with Crippen molar-refractivity contribution in [1.29, 1.82) is 0 Å². The van der Waals surface area contributed by atoms with Crippen LogP contribution in [0, 0.1) is 6.92 Å². The lowest BCUT2D eigenvalue weighted by molar-refractivity contribution is 0.680. The van der Waals surface area contributed by atoms with Crippen LogP contribution in [0.25, 0.3) is 0 Å². The van der Waals surface area contributed by atoms with Crippen molar-refractivity contribution in [3.63, 3.8) is 0 Å². The highest BCUT2D eigenvalue weighted by atomic mass is 35.5. The Bertz CT molecular complexity index is 566. The second-order valence-electron chi connectivity index (χ2n) is 4.67. The highest BCUT2D eigenvalue weighted by Crippen LogP contribution is 2.39. The molecule has 2 rings (SSSR count). The molecule has 0 aliphatic heterocycles. The Balaban J connectivity index is 2.32. The fourth-order valence-corrected chi connectivity index (χ4v) is 3.54. The molecule has 102 valence electrons. The van der Waals surface area contributed by atoms with Gasteiger partial charge < -0.3 is 5.73 Å². The number of halogens is 1. The highest BCUT2D eigenvalue weighted by molar-refractivity contribution is 7.99. The van der Waals surface area contributed by atoms with Crippen molar-refractivity contribution >= 4 is 23.4 Å². The second kappa shape index (κ2) is 5.99. The molecule has 0 aliphatic rings. The molecular weight excluding hydrogens is 278 g/mol. The maximum atomic E-state index is 6.28. The summed E-state index contributed by atoms with van der Waals surface area (Å²) in [5.74, 6) is 0. The van der Waals surface area contributed by atoms with E-state index in [9.17, 15) is 0 Å². The number of hydrogen-bond acceptors (Lipinski definition) is 3. The number of aromatic nitrogens is 2. The van der Waals surface area contributed by atoms with Gasteiger partial charge in [-0.05, 0) is 31.5 Å². The summed E-state index contributed by atoms with van der Waals surface area (Å²) in [6.45, 7) is 3.99. The first-order valence-corrected chi connectivity index (χ1v) is 7.42. The topological polar surface area (TPSA) is 43.8 Å². The Hall–Kier alpha value is -0.970. The molecular formula is C14H18ClN3S. The third kappa shape index (κ3) is 3.32. The number of aryl methyl sites for hydroxylation is 2. The third-order valence-corrected chi connectivity index (χ3v) is 4.80. The fraction of sp³-hybridized carbons (Fsp3) is 0.357. The number of thioether (sulfide) groups is 1. The largest absolute Gasteiger partial charge is 0.327 e. The van der Waals surface area contributed by atoms with Crippen molar-refractivity contribution < 1.29 is 0 Å². The first-order chi connectivity index (χ1) is 8.99. The Morgan fingerprint density at radius 2 is 2.05 bits per heavy atom. The molecule has 1 heterocycles. The van der Waals surface area contributed by atoms with Gasteiger partial charge in [-0.3, -0.25) is 4.68 Å². The lowest BCUT2D eigenvalue weighted by atomic mass is 10.1. The van der Waals surface area contributed by atoms with E-state index in [-0.39, 0.29) is 11.3 Å². The van der Waals surface area contributed by atoms with Gasteiger partial charge >= 0.3 is 0 Å². The zero-order valence-electron chi connectivity index (χ0n) is 11.3. The average molecular weight is 296 g/mol. The summed E-state index contributed by atoms with van der Waals surface area (Å²) in [5.41, 5.74) is 8.21. The van der Waals surface area contributed by atoms with Crippen LogP contribution in [0.5, 0.6) is 0 Å². The molecule has 2 N–H and O–H groups in total. The minimum Gasteiger partial charge on any atom is -0.327 e. The van der Waals surface area contributed by atoms with Gasteiger partial charge in [0.05, 0.1) is 16.0 Å². The number of rotatable bonds is 4. The van der Waals surface area contributed by atoms with E-state index in [0.29, 0.717) is 0 Å². The molecule has 19 heavy (non-hydrogen) atoms. The van der Waals surface area contributed by atoms with Crippen molar-refractivity contribution in [2.75, 3.05) is 0 Å². The van der Waals surface area contributed by atoms with Gasteiger partial charge in [0.25, 0.3) is 0 Å². The summed E-state index contributed by atoms with van der Waals surface area (Å²) >= 11 is 7.99. The van der Waals surface area contributed by atoms with Crippen LogP contribution < -0.4 is 5.73 Å². The van der Waals surface area contributed by atoms with Gasteiger partial charge in [0.2, 0.25) is 0 Å². The molecule has 0 fully saturated rings. The first kappa shape index (κ1) is 14.4. The van der Waals surface area contributed by atoms with Crippen molar-refractivity contribution in [3.05, 3.63) is 46.6 Å². The normalized spacial score (nSPS) is 14.4. The Kier molecular flexibility index (Phi) is 4.55. The molecule has 5 heteroatoms. The van der Waals surface area contributed by atoms with Crippen LogP contribution in [0.4, 0.5) is 0 Å². The quantitative estimate of drug-likeness (QED) is 0.877. The number of benzene rings is 1. The minimum absolute atomic E-state index is 0.0000983. The maximum absolute atomic E-state index is 6.28. The fourth-order valence-electron chi connectivity index (χ4n) is 1.99. The van der Waals surface area contributed by atoms with Gasteiger partial charge in [-0.25, -0.2) is 0 Å². The predicted molar refractivity (Wildman–Crippen MR) is 81.6 cm³/mol. The minimum atomic E-state index is 0.0000983. The third-order valence-electron chi connectivity index (χ3n) is 2.90. The van der Waals surface area contributed by atoms with Crippen molar-refractivity contribution in [2.24, 2.45) is 12.8 Å². The van der Waals surface area contributed by atoms with Crippen LogP contribution in [0.1, 0.15) is 23.4 Å². The smallest absolute Gasteiger partial charge is 0.0945 e. The van der Waals surface area contributed by atoms with Gasteiger partial charge in [0, 0.05) is 18.1 Å². The lowest BCUT2D eigenvalue weighted by Gasteiger charge is -2.21. The van der Waals surface area contributed by atoms with Crippen molar-refractivity contribution in [3.8, 4) is 0 Å². The van der Waals surface area contributed by atoms with E-state index in [4.69, 9.17) is 17.3 Å². The molecule has 2 unspecified atom stereocenters. The van der Waals surface area contributed by atoms with Crippen LogP contribution >= 0.6 is 23.4 Å². The van der Waals surface area contributed by atoms with E-state index in [1.54, 1.807) is 11.8 Å². The molecule has 0 saturated heterocycles. The molecule has 0 spiro atoms. The molecule has 0 radical (unpaired) electrons. The van der Waals surface area contributed by atoms with Crippen LogP contribution in [0.2, 0.25) is 5.02 Å². The van der Waals surface area contributed by atoms with Gasteiger partial charge in [0.15, 0.2) is 0 Å². The SMILES string of the molecule is Cc1cc(SC(c2ccccc2Cl)C(C)N)n(C)n1. The van der Waals surface area contributed by atoms with E-state index in [1.807, 2.05) is 49.8 Å². The number of hydrogen-bond donors (Lipinski definition) is 1. The maximum Gasteiger partial charge on any atom is 0.0945 e. The standard InChI is InChI=1S/C14H18ClN3S/c1-9-8-13(18(3)17-9)19-14(10(2)16)11-6-4-5-7-12(11)15/h4-8,10,14H,16H2,1-3H3. The summed E-state index contributed by atoms with van der Waals surface area (Å²) < 4.78 is 1.88. The van der Waals surface area contributed by atoms with Crippen molar-refractivity contribution in [2.45, 2.75) is 30.2 Å². The summed E-state index contributed by atoms with van der Waals surface area (Å²) in [6.07, 6.45) is 0. The Labute approximate surface area is 123 Å². The van der Waals surface area contributed by atoms with Crippen LogP contribution in [-0.2, 0) is 7.05 Å². The monoisotopic (exact) mass is 295 g/mol. The average Bonchev–Trinajstić information content (AvgIpc) is 2.65. The van der Waals surface area contributed by atoms with Gasteiger partial charge in [-0.1, -0.05) is 41.6 Å². The van der Waals surface area contributed by atoms with Crippen molar-refractivity contribution in [1.82, 2.24) is 9.78 Å². The molecule has 2 aromatic rings. The van der Waals surface area contributed by atoms with Crippen LogP contribution in [-0.4, -0.2) is 15.8 Å². The molecule has 1 aromatic carbocycles. The Morgan fingerprint density at radius 3 is 2.58 bits per heavy atom. The Morgan fingerprint density at radius 1 is 1.37 bits per heavy atom. The summed E-state index contributed by atoms with van der Waals surface area (Å²) in [6, 6.07) is 9.93. The van der Waals surface area contributed by atoms with E-state index >= 15 is 0 Å². The number of nitrogens with zero attached hydrogens (tertiary/aromatic N) is 2.